The molecule has 2 aromatic carbocycles. The lowest BCUT2D eigenvalue weighted by Gasteiger charge is -2.34. The highest BCUT2D eigenvalue weighted by Crippen LogP contribution is 2.47. The predicted octanol–water partition coefficient (Wildman–Crippen LogP) is 5.20. The second kappa shape index (κ2) is 7.35. The first-order valence-electron chi connectivity index (χ1n) is 8.83. The molecule has 0 radical (unpaired) electrons. The maximum absolute atomic E-state index is 13.2. The number of Topliss-reactive ketones (excluding diaryl/α,β-unsaturated/α-hetero) is 1. The summed E-state index contributed by atoms with van der Waals surface area (Å²) in [6, 6.07) is 16.7. The summed E-state index contributed by atoms with van der Waals surface area (Å²) in [7, 11) is 0. The van der Waals surface area contributed by atoms with Crippen LogP contribution in [0, 0.1) is 11.3 Å². The average molecular weight is 411 g/mol. The fourth-order valence-corrected chi connectivity index (χ4v) is 4.27. The molecule has 0 fully saturated rings. The number of hydrogen-bond donors (Lipinski definition) is 1. The van der Waals surface area contributed by atoms with Gasteiger partial charge in [0.25, 0.3) is 0 Å². The Labute approximate surface area is 172 Å². The molecule has 1 aliphatic heterocycles. The highest BCUT2D eigenvalue weighted by Gasteiger charge is 2.41. The molecule has 1 heterocycles. The van der Waals surface area contributed by atoms with Crippen LogP contribution in [0.5, 0.6) is 0 Å². The molecule has 0 saturated carbocycles. The van der Waals surface area contributed by atoms with E-state index in [-0.39, 0.29) is 23.2 Å². The summed E-state index contributed by atoms with van der Waals surface area (Å²) in [5.41, 5.74) is 8.43. The summed E-state index contributed by atoms with van der Waals surface area (Å²) in [5, 5.41) is 10.8. The normalized spacial score (nSPS) is 21.8. The minimum atomic E-state index is -0.610. The molecule has 28 heavy (non-hydrogen) atoms. The van der Waals surface area contributed by atoms with Crippen LogP contribution in [0.3, 0.4) is 0 Å². The van der Waals surface area contributed by atoms with Gasteiger partial charge in [0.1, 0.15) is 17.4 Å². The summed E-state index contributed by atoms with van der Waals surface area (Å²) in [6.07, 6.45) is 0.840. The summed E-state index contributed by atoms with van der Waals surface area (Å²) in [6.45, 7) is 0. The number of ether oxygens (including phenoxy) is 1. The Kier molecular flexibility index (Phi) is 4.89. The third-order valence-electron chi connectivity index (χ3n) is 5.22. The van der Waals surface area contributed by atoms with E-state index in [1.165, 1.54) is 0 Å². The van der Waals surface area contributed by atoms with Gasteiger partial charge in [-0.1, -0.05) is 53.5 Å². The monoisotopic (exact) mass is 410 g/mol. The minimum Gasteiger partial charge on any atom is -0.444 e. The van der Waals surface area contributed by atoms with Crippen LogP contribution in [-0.4, -0.2) is 5.78 Å². The van der Waals surface area contributed by atoms with E-state index in [1.807, 2.05) is 36.4 Å². The Morgan fingerprint density at radius 3 is 2.46 bits per heavy atom. The predicted molar refractivity (Wildman–Crippen MR) is 108 cm³/mol. The van der Waals surface area contributed by atoms with Crippen LogP contribution in [0.15, 0.2) is 71.3 Å². The van der Waals surface area contributed by atoms with E-state index in [9.17, 15) is 10.1 Å². The van der Waals surface area contributed by atoms with Gasteiger partial charge in [-0.05, 0) is 35.2 Å². The van der Waals surface area contributed by atoms with Gasteiger partial charge in [-0.2, -0.15) is 5.26 Å². The van der Waals surface area contributed by atoms with Crippen molar-refractivity contribution in [2.45, 2.75) is 24.7 Å². The molecule has 0 bridgehead atoms. The highest BCUT2D eigenvalue weighted by atomic mass is 35.5. The van der Waals surface area contributed by atoms with Gasteiger partial charge in [0.15, 0.2) is 5.78 Å². The van der Waals surface area contributed by atoms with Crippen LogP contribution >= 0.6 is 23.2 Å². The summed E-state index contributed by atoms with van der Waals surface area (Å²) >= 11 is 12.4. The summed E-state index contributed by atoms with van der Waals surface area (Å²) in [5.74, 6) is -0.173. The van der Waals surface area contributed by atoms with Gasteiger partial charge in [0, 0.05) is 28.5 Å². The maximum Gasteiger partial charge on any atom is 0.205 e. The highest BCUT2D eigenvalue weighted by molar-refractivity contribution is 6.31. The van der Waals surface area contributed by atoms with Gasteiger partial charge in [-0.15, -0.1) is 0 Å². The average Bonchev–Trinajstić information content (AvgIpc) is 2.68. The number of ketones is 1. The Morgan fingerprint density at radius 1 is 1.07 bits per heavy atom. The molecule has 140 valence electrons. The molecule has 6 heteroatoms. The number of nitrogens with two attached hydrogens (primary N) is 1. The van der Waals surface area contributed by atoms with Crippen molar-refractivity contribution in [2.24, 2.45) is 5.73 Å². The second-order valence-electron chi connectivity index (χ2n) is 6.86. The molecule has 2 atom stereocenters. The van der Waals surface area contributed by atoms with Crippen molar-refractivity contribution in [1.29, 1.82) is 5.26 Å². The van der Waals surface area contributed by atoms with Gasteiger partial charge < -0.3 is 10.5 Å². The molecule has 0 spiro atoms. The van der Waals surface area contributed by atoms with Crippen LogP contribution in [0.1, 0.15) is 35.8 Å². The molecule has 0 saturated heterocycles. The lowest BCUT2D eigenvalue weighted by Crippen LogP contribution is -2.30. The third kappa shape index (κ3) is 3.17. The quantitative estimate of drug-likeness (QED) is 0.737. The summed E-state index contributed by atoms with van der Waals surface area (Å²) < 4.78 is 5.76. The zero-order chi connectivity index (χ0) is 19.8. The van der Waals surface area contributed by atoms with Crippen molar-refractivity contribution in [3.63, 3.8) is 0 Å². The van der Waals surface area contributed by atoms with Crippen molar-refractivity contribution in [3.8, 4) is 6.07 Å². The van der Waals surface area contributed by atoms with Crippen molar-refractivity contribution in [3.05, 3.63) is 92.5 Å². The molecule has 2 aromatic rings. The van der Waals surface area contributed by atoms with Crippen molar-refractivity contribution >= 4 is 29.0 Å². The smallest absolute Gasteiger partial charge is 0.205 e. The number of benzene rings is 2. The van der Waals surface area contributed by atoms with Gasteiger partial charge >= 0.3 is 0 Å². The number of nitrogens with zero attached hydrogens (tertiary/aromatic N) is 1. The molecule has 2 aliphatic rings. The zero-order valence-corrected chi connectivity index (χ0v) is 16.3. The molecular formula is C22H16Cl2N2O2. The largest absolute Gasteiger partial charge is 0.444 e. The first kappa shape index (κ1) is 18.6. The SMILES string of the molecule is N#CC1=C(N)OC2=C(C(=O)C[C@@H](c3ccc(Cl)cc3)C2)[C@H]1c1ccccc1Cl. The number of rotatable bonds is 2. The molecule has 4 nitrogen and oxygen atoms in total. The first-order valence-corrected chi connectivity index (χ1v) is 9.59. The molecule has 0 unspecified atom stereocenters. The number of nitriles is 1. The number of carbonyl (C=O) groups is 1. The van der Waals surface area contributed by atoms with E-state index in [1.54, 1.807) is 12.1 Å². The van der Waals surface area contributed by atoms with E-state index in [0.29, 0.717) is 39.8 Å². The van der Waals surface area contributed by atoms with Crippen LogP contribution in [0.4, 0.5) is 0 Å². The van der Waals surface area contributed by atoms with Gasteiger partial charge in [0.2, 0.25) is 5.88 Å². The Hall–Kier alpha value is -2.74. The second-order valence-corrected chi connectivity index (χ2v) is 7.71. The molecular weight excluding hydrogens is 395 g/mol. The van der Waals surface area contributed by atoms with Crippen LogP contribution in [0.2, 0.25) is 10.0 Å². The van der Waals surface area contributed by atoms with Gasteiger partial charge in [0.05, 0.1) is 5.92 Å². The molecule has 0 aromatic heterocycles. The number of allylic oxidation sites excluding steroid dienone is 3. The van der Waals surface area contributed by atoms with E-state index in [4.69, 9.17) is 33.7 Å². The van der Waals surface area contributed by atoms with E-state index >= 15 is 0 Å². The Balaban J connectivity index is 1.80. The van der Waals surface area contributed by atoms with Crippen LogP contribution in [0.25, 0.3) is 0 Å². The fraction of sp³-hybridized carbons (Fsp3) is 0.182. The van der Waals surface area contributed by atoms with Crippen molar-refractivity contribution < 1.29 is 9.53 Å². The standard InChI is InChI=1S/C22H16Cl2N2O2/c23-14-7-5-12(6-8-14)13-9-18(27)21-19(10-13)28-22(26)16(11-25)20(21)15-3-1-2-4-17(15)24/h1-8,13,20H,9-10,26H2/t13-,20+/m1/s1. The van der Waals surface area contributed by atoms with Crippen molar-refractivity contribution in [2.75, 3.05) is 0 Å². The topological polar surface area (TPSA) is 76.1 Å². The summed E-state index contributed by atoms with van der Waals surface area (Å²) in [4.78, 5) is 13.2. The molecule has 2 N–H and O–H groups in total. The van der Waals surface area contributed by atoms with Gasteiger partial charge in [-0.25, -0.2) is 0 Å². The first-order chi connectivity index (χ1) is 13.5. The lowest BCUT2D eigenvalue weighted by molar-refractivity contribution is -0.117. The molecule has 4 rings (SSSR count). The van der Waals surface area contributed by atoms with Crippen LogP contribution < -0.4 is 5.73 Å². The molecule has 1 aliphatic carbocycles. The number of hydrogen-bond acceptors (Lipinski definition) is 4. The zero-order valence-electron chi connectivity index (χ0n) is 14.8. The Morgan fingerprint density at radius 2 is 1.79 bits per heavy atom. The fourth-order valence-electron chi connectivity index (χ4n) is 3.90. The van der Waals surface area contributed by atoms with Crippen molar-refractivity contribution in [1.82, 2.24) is 0 Å². The number of halogens is 2. The van der Waals surface area contributed by atoms with Gasteiger partial charge in [-0.3, -0.25) is 4.79 Å². The van der Waals surface area contributed by atoms with E-state index in [0.717, 1.165) is 5.56 Å². The maximum atomic E-state index is 13.2. The van der Waals surface area contributed by atoms with Crippen LogP contribution in [-0.2, 0) is 9.53 Å². The lowest BCUT2D eigenvalue weighted by atomic mass is 9.73. The van der Waals surface area contributed by atoms with E-state index in [2.05, 4.69) is 6.07 Å². The molecule has 0 amide bonds. The number of carbonyl (C=O) groups excluding carboxylic acids is 1. The third-order valence-corrected chi connectivity index (χ3v) is 5.81. The minimum absolute atomic E-state index is 0.0238. The van der Waals surface area contributed by atoms with E-state index < -0.39 is 5.92 Å². The Bertz CT molecular complexity index is 1060.